The van der Waals surface area contributed by atoms with Crippen molar-refractivity contribution in [1.29, 1.82) is 0 Å². The largest absolute Gasteiger partial charge is 0.490 e. The molecule has 6 atom stereocenters. The zero-order valence-electron chi connectivity index (χ0n) is 14.2. The average Bonchev–Trinajstić information content (AvgIpc) is 2.81. The molecule has 0 aliphatic carbocycles. The van der Waals surface area contributed by atoms with Crippen molar-refractivity contribution in [2.24, 2.45) is 0 Å². The van der Waals surface area contributed by atoms with Gasteiger partial charge in [-0.1, -0.05) is 0 Å². The van der Waals surface area contributed by atoms with Gasteiger partial charge in [-0.05, 0) is 15.9 Å². The minimum absolute atomic E-state index is 0.157. The standard InChI is InChI=1S/C9H15BrN3O14P3/c10-3-1-13(9(16)12-7(3)11)8-6(15)5(14)4(25-8)2-24-29(20,21)27-30(22,23)26-28(17,18)19/h1,4-6,8,14-15H,2H2,(H,20,21)(H,22,23)(H2,11,12,16)(H2,17,18,19)/t4-,5+,6+,8-/m1/s1. The number of aromatic nitrogens is 2. The van der Waals surface area contributed by atoms with E-state index in [1.54, 1.807) is 0 Å². The highest BCUT2D eigenvalue weighted by Crippen LogP contribution is 2.66. The Balaban J connectivity index is 2.09. The minimum atomic E-state index is -5.73. The molecule has 1 aromatic rings. The van der Waals surface area contributed by atoms with Crippen molar-refractivity contribution in [3.8, 4) is 0 Å². The van der Waals surface area contributed by atoms with E-state index in [4.69, 9.17) is 25.2 Å². The van der Waals surface area contributed by atoms with Crippen LogP contribution in [0.5, 0.6) is 0 Å². The lowest BCUT2D eigenvalue weighted by Gasteiger charge is -2.19. The van der Waals surface area contributed by atoms with E-state index in [0.29, 0.717) is 0 Å². The Hall–Kier alpha value is -0.550. The van der Waals surface area contributed by atoms with Crippen LogP contribution >= 0.6 is 39.4 Å². The number of nitrogen functional groups attached to an aromatic ring is 1. The number of aliphatic hydroxyl groups is 2. The Morgan fingerprint density at radius 2 is 1.73 bits per heavy atom. The summed E-state index contributed by atoms with van der Waals surface area (Å²) in [7, 11) is -16.8. The zero-order chi connectivity index (χ0) is 23.1. The SMILES string of the molecule is Nc1nc(=O)n([C@@H]2O[C@H](COP(=O)(O)OP(=O)(O)OP(=O)(O)O)[C@H](O)[C@@H]2O)cc1Br. The first kappa shape index (κ1) is 25.7. The van der Waals surface area contributed by atoms with Crippen molar-refractivity contribution >= 4 is 45.2 Å². The number of phosphoric acid groups is 3. The summed E-state index contributed by atoms with van der Waals surface area (Å²) in [4.78, 5) is 50.8. The van der Waals surface area contributed by atoms with E-state index in [9.17, 15) is 33.6 Å². The fourth-order valence-electron chi connectivity index (χ4n) is 2.21. The topological polar surface area (TPSA) is 270 Å². The van der Waals surface area contributed by atoms with Gasteiger partial charge in [-0.2, -0.15) is 13.6 Å². The van der Waals surface area contributed by atoms with Crippen LogP contribution in [0.1, 0.15) is 6.23 Å². The van der Waals surface area contributed by atoms with Gasteiger partial charge in [-0.25, -0.2) is 18.5 Å². The van der Waals surface area contributed by atoms with Gasteiger partial charge in [-0.15, -0.1) is 0 Å². The number of hydrogen-bond donors (Lipinski definition) is 7. The smallest absolute Gasteiger partial charge is 0.387 e. The molecular weight excluding hydrogens is 547 g/mol. The molecule has 0 aromatic carbocycles. The summed E-state index contributed by atoms with van der Waals surface area (Å²) in [6.45, 7) is -1.03. The Morgan fingerprint density at radius 3 is 2.30 bits per heavy atom. The molecule has 0 spiro atoms. The highest BCUT2D eigenvalue weighted by Gasteiger charge is 2.46. The first-order valence-corrected chi connectivity index (χ1v) is 12.7. The number of anilines is 1. The lowest BCUT2D eigenvalue weighted by Crippen LogP contribution is -2.36. The van der Waals surface area contributed by atoms with Crippen LogP contribution < -0.4 is 11.4 Å². The molecule has 21 heteroatoms. The summed E-state index contributed by atoms with van der Waals surface area (Å²) in [5.41, 5.74) is 4.48. The molecule has 2 heterocycles. The van der Waals surface area contributed by atoms with Gasteiger partial charge < -0.3 is 40.3 Å². The Labute approximate surface area is 174 Å². The molecule has 0 amide bonds. The summed E-state index contributed by atoms with van der Waals surface area (Å²) < 4.78 is 51.1. The van der Waals surface area contributed by atoms with Gasteiger partial charge in [0, 0.05) is 6.20 Å². The van der Waals surface area contributed by atoms with E-state index in [0.717, 1.165) is 10.8 Å². The van der Waals surface area contributed by atoms with Crippen molar-refractivity contribution < 1.29 is 61.4 Å². The third kappa shape index (κ3) is 6.72. The van der Waals surface area contributed by atoms with Gasteiger partial charge in [0.25, 0.3) is 0 Å². The lowest BCUT2D eigenvalue weighted by atomic mass is 10.1. The number of hydrogen-bond acceptors (Lipinski definition) is 12. The van der Waals surface area contributed by atoms with Gasteiger partial charge in [-0.3, -0.25) is 9.09 Å². The van der Waals surface area contributed by atoms with E-state index in [-0.39, 0.29) is 10.3 Å². The van der Waals surface area contributed by atoms with Crippen molar-refractivity contribution in [3.05, 3.63) is 21.2 Å². The molecule has 172 valence electrons. The molecule has 1 aliphatic heterocycles. The maximum Gasteiger partial charge on any atom is 0.490 e. The second-order valence-corrected chi connectivity index (χ2v) is 10.9. The Bertz CT molecular complexity index is 997. The molecule has 1 fully saturated rings. The summed E-state index contributed by atoms with van der Waals surface area (Å²) in [5.74, 6) is -0.159. The first-order valence-electron chi connectivity index (χ1n) is 7.35. The van der Waals surface area contributed by atoms with E-state index in [1.807, 2.05) is 0 Å². The van der Waals surface area contributed by atoms with Crippen LogP contribution in [-0.2, 0) is 31.6 Å². The van der Waals surface area contributed by atoms with E-state index in [1.165, 1.54) is 0 Å². The number of nitrogens with zero attached hydrogens (tertiary/aromatic N) is 2. The predicted molar refractivity (Wildman–Crippen MR) is 96.3 cm³/mol. The molecule has 2 rings (SSSR count). The number of rotatable bonds is 8. The number of phosphoric ester groups is 1. The van der Waals surface area contributed by atoms with Crippen molar-refractivity contribution in [1.82, 2.24) is 9.55 Å². The van der Waals surface area contributed by atoms with Crippen LogP contribution in [0.2, 0.25) is 0 Å². The molecule has 1 aromatic heterocycles. The second-order valence-electron chi connectivity index (χ2n) is 5.60. The van der Waals surface area contributed by atoms with Crippen molar-refractivity contribution in [2.75, 3.05) is 12.3 Å². The van der Waals surface area contributed by atoms with Crippen LogP contribution in [-0.4, -0.2) is 64.3 Å². The monoisotopic (exact) mass is 561 g/mol. The molecule has 17 nitrogen and oxygen atoms in total. The summed E-state index contributed by atoms with van der Waals surface area (Å²) >= 11 is 3.01. The van der Waals surface area contributed by atoms with Crippen LogP contribution in [0.3, 0.4) is 0 Å². The maximum atomic E-state index is 11.9. The van der Waals surface area contributed by atoms with Crippen LogP contribution in [0.15, 0.2) is 15.5 Å². The fourth-order valence-corrected chi connectivity index (χ4v) is 5.55. The summed E-state index contributed by atoms with van der Waals surface area (Å²) in [6.07, 6.45) is -5.49. The maximum absolute atomic E-state index is 11.9. The van der Waals surface area contributed by atoms with Crippen LogP contribution in [0.25, 0.3) is 0 Å². The molecule has 0 bridgehead atoms. The van der Waals surface area contributed by atoms with E-state index in [2.05, 4.69) is 34.1 Å². The number of halogens is 1. The van der Waals surface area contributed by atoms with Gasteiger partial charge in [0.05, 0.1) is 11.1 Å². The number of ether oxygens (including phenoxy) is 1. The zero-order valence-corrected chi connectivity index (χ0v) is 18.5. The third-order valence-corrected chi connectivity index (χ3v) is 7.78. The van der Waals surface area contributed by atoms with Crippen molar-refractivity contribution in [2.45, 2.75) is 24.5 Å². The van der Waals surface area contributed by atoms with Gasteiger partial charge in [0.15, 0.2) is 6.23 Å². The number of nitrogens with two attached hydrogens (primary N) is 1. The highest BCUT2D eigenvalue weighted by atomic mass is 79.9. The first-order chi connectivity index (χ1) is 13.5. The summed E-state index contributed by atoms with van der Waals surface area (Å²) in [5, 5.41) is 20.1. The van der Waals surface area contributed by atoms with E-state index < -0.39 is 60.3 Å². The van der Waals surface area contributed by atoms with Gasteiger partial charge >= 0.3 is 29.2 Å². The van der Waals surface area contributed by atoms with Crippen LogP contribution in [0.4, 0.5) is 5.82 Å². The number of aliphatic hydroxyl groups excluding tert-OH is 2. The molecule has 1 aliphatic rings. The van der Waals surface area contributed by atoms with Gasteiger partial charge in [0.2, 0.25) is 0 Å². The fraction of sp³-hybridized carbons (Fsp3) is 0.556. The average molecular weight is 562 g/mol. The predicted octanol–water partition coefficient (Wildman–Crippen LogP) is -1.45. The molecule has 0 radical (unpaired) electrons. The molecule has 30 heavy (non-hydrogen) atoms. The van der Waals surface area contributed by atoms with Crippen LogP contribution in [0, 0.1) is 0 Å². The molecule has 2 unspecified atom stereocenters. The Morgan fingerprint density at radius 1 is 1.13 bits per heavy atom. The van der Waals surface area contributed by atoms with Crippen molar-refractivity contribution in [3.63, 3.8) is 0 Å². The highest BCUT2D eigenvalue weighted by molar-refractivity contribution is 9.10. The van der Waals surface area contributed by atoms with Gasteiger partial charge in [0.1, 0.15) is 24.1 Å². The molecular formula is C9H15BrN3O14P3. The summed E-state index contributed by atoms with van der Waals surface area (Å²) in [6, 6.07) is 0. The molecule has 1 saturated heterocycles. The molecule has 0 saturated carbocycles. The molecule has 8 N–H and O–H groups in total. The third-order valence-electron chi connectivity index (χ3n) is 3.36. The van der Waals surface area contributed by atoms with E-state index >= 15 is 0 Å². The minimum Gasteiger partial charge on any atom is -0.387 e. The Kier molecular flexibility index (Phi) is 7.83. The second kappa shape index (κ2) is 9.13. The quantitative estimate of drug-likeness (QED) is 0.179. The normalized spacial score (nSPS) is 28.8. The lowest BCUT2D eigenvalue weighted by molar-refractivity contribution is -0.0542.